The number of hydrogen-bond acceptors (Lipinski definition) is 2. The summed E-state index contributed by atoms with van der Waals surface area (Å²) in [5.74, 6) is -0.785. The average Bonchev–Trinajstić information content (AvgIpc) is 2.68. The van der Waals surface area contributed by atoms with Crippen LogP contribution in [0.2, 0.25) is 0 Å². The fourth-order valence-corrected chi connectivity index (χ4v) is 2.08. The fourth-order valence-electron chi connectivity index (χ4n) is 2.08. The van der Waals surface area contributed by atoms with E-state index in [4.69, 9.17) is 5.11 Å². The maximum Gasteiger partial charge on any atom is 0.303 e. The number of aromatic nitrogens is 2. The zero-order valence-electron chi connectivity index (χ0n) is 10.6. The molecular formula is C14H16N2O2. The topological polar surface area (TPSA) is 55.1 Å². The Labute approximate surface area is 106 Å². The molecule has 94 valence electrons. The lowest BCUT2D eigenvalue weighted by Gasteiger charge is -2.07. The van der Waals surface area contributed by atoms with Gasteiger partial charge in [0.05, 0.1) is 12.6 Å². The molecule has 0 unspecified atom stereocenters. The monoisotopic (exact) mass is 244 g/mol. The van der Waals surface area contributed by atoms with Gasteiger partial charge in [0.15, 0.2) is 0 Å². The molecule has 0 radical (unpaired) electrons. The van der Waals surface area contributed by atoms with E-state index in [-0.39, 0.29) is 6.42 Å². The van der Waals surface area contributed by atoms with Crippen molar-refractivity contribution in [3.05, 3.63) is 41.7 Å². The molecule has 1 aromatic heterocycles. The van der Waals surface area contributed by atoms with Crippen molar-refractivity contribution in [1.29, 1.82) is 0 Å². The molecular weight excluding hydrogens is 228 g/mol. The molecule has 1 heterocycles. The molecule has 0 fully saturated rings. The maximum absolute atomic E-state index is 10.7. The Kier molecular flexibility index (Phi) is 3.46. The maximum atomic E-state index is 10.7. The van der Waals surface area contributed by atoms with E-state index >= 15 is 0 Å². The van der Waals surface area contributed by atoms with Crippen LogP contribution in [-0.4, -0.2) is 20.9 Å². The SMILES string of the molecule is Cc1ccccc1-c1cnn(C)c1CCC(=O)O. The molecule has 0 saturated heterocycles. The first-order valence-corrected chi connectivity index (χ1v) is 5.88. The van der Waals surface area contributed by atoms with Crippen molar-refractivity contribution in [2.45, 2.75) is 19.8 Å². The van der Waals surface area contributed by atoms with Gasteiger partial charge in [-0.3, -0.25) is 9.48 Å². The van der Waals surface area contributed by atoms with E-state index in [1.165, 1.54) is 5.56 Å². The van der Waals surface area contributed by atoms with Crippen LogP contribution in [0.25, 0.3) is 11.1 Å². The van der Waals surface area contributed by atoms with Crippen LogP contribution in [0, 0.1) is 6.92 Å². The molecule has 0 amide bonds. The molecule has 18 heavy (non-hydrogen) atoms. The third-order valence-electron chi connectivity index (χ3n) is 3.07. The van der Waals surface area contributed by atoms with Crippen molar-refractivity contribution in [3.8, 4) is 11.1 Å². The van der Waals surface area contributed by atoms with Crippen LogP contribution < -0.4 is 0 Å². The Morgan fingerprint density at radius 3 is 2.72 bits per heavy atom. The second-order valence-corrected chi connectivity index (χ2v) is 4.34. The summed E-state index contributed by atoms with van der Waals surface area (Å²) in [5, 5.41) is 13.0. The summed E-state index contributed by atoms with van der Waals surface area (Å²) in [7, 11) is 1.85. The number of rotatable bonds is 4. The molecule has 0 saturated carbocycles. The summed E-state index contributed by atoms with van der Waals surface area (Å²) in [4.78, 5) is 10.7. The van der Waals surface area contributed by atoms with Gasteiger partial charge in [0, 0.05) is 24.7 Å². The van der Waals surface area contributed by atoms with E-state index in [9.17, 15) is 4.79 Å². The Balaban J connectivity index is 2.40. The van der Waals surface area contributed by atoms with E-state index in [2.05, 4.69) is 5.10 Å². The van der Waals surface area contributed by atoms with Crippen molar-refractivity contribution in [2.24, 2.45) is 7.05 Å². The zero-order valence-corrected chi connectivity index (χ0v) is 10.6. The summed E-state index contributed by atoms with van der Waals surface area (Å²) in [5.41, 5.74) is 4.27. The van der Waals surface area contributed by atoms with Crippen molar-refractivity contribution in [3.63, 3.8) is 0 Å². The van der Waals surface area contributed by atoms with E-state index < -0.39 is 5.97 Å². The van der Waals surface area contributed by atoms with E-state index in [0.29, 0.717) is 6.42 Å². The minimum atomic E-state index is -0.785. The minimum absolute atomic E-state index is 0.123. The van der Waals surface area contributed by atoms with Crippen LogP contribution in [0.5, 0.6) is 0 Å². The predicted molar refractivity (Wildman–Crippen MR) is 69.3 cm³/mol. The third-order valence-corrected chi connectivity index (χ3v) is 3.07. The second-order valence-electron chi connectivity index (χ2n) is 4.34. The molecule has 4 heteroatoms. The van der Waals surface area contributed by atoms with Gasteiger partial charge in [-0.05, 0) is 18.1 Å². The summed E-state index contributed by atoms with van der Waals surface area (Å²) in [6.07, 6.45) is 2.42. The predicted octanol–water partition coefficient (Wildman–Crippen LogP) is 2.41. The van der Waals surface area contributed by atoms with Crippen molar-refractivity contribution in [1.82, 2.24) is 9.78 Å². The van der Waals surface area contributed by atoms with Gasteiger partial charge in [0.2, 0.25) is 0 Å². The number of carboxylic acids is 1. The number of carbonyl (C=O) groups is 1. The fraction of sp³-hybridized carbons (Fsp3) is 0.286. The second kappa shape index (κ2) is 5.04. The highest BCUT2D eigenvalue weighted by molar-refractivity contribution is 5.71. The largest absolute Gasteiger partial charge is 0.481 e. The van der Waals surface area contributed by atoms with Crippen LogP contribution >= 0.6 is 0 Å². The van der Waals surface area contributed by atoms with E-state index in [1.54, 1.807) is 10.9 Å². The van der Waals surface area contributed by atoms with Crippen molar-refractivity contribution < 1.29 is 9.90 Å². The van der Waals surface area contributed by atoms with Crippen molar-refractivity contribution >= 4 is 5.97 Å². The molecule has 0 atom stereocenters. The normalized spacial score (nSPS) is 10.6. The number of nitrogens with zero attached hydrogens (tertiary/aromatic N) is 2. The highest BCUT2D eigenvalue weighted by Gasteiger charge is 2.13. The lowest BCUT2D eigenvalue weighted by molar-refractivity contribution is -0.136. The summed E-state index contributed by atoms with van der Waals surface area (Å²) < 4.78 is 1.75. The van der Waals surface area contributed by atoms with Crippen molar-refractivity contribution in [2.75, 3.05) is 0 Å². The molecule has 1 N–H and O–H groups in total. The van der Waals surface area contributed by atoms with Gasteiger partial charge in [-0.25, -0.2) is 0 Å². The third kappa shape index (κ3) is 2.42. The van der Waals surface area contributed by atoms with Gasteiger partial charge in [-0.15, -0.1) is 0 Å². The van der Waals surface area contributed by atoms with Gasteiger partial charge in [0.25, 0.3) is 0 Å². The highest BCUT2D eigenvalue weighted by atomic mass is 16.4. The minimum Gasteiger partial charge on any atom is -0.481 e. The molecule has 0 bridgehead atoms. The number of benzene rings is 1. The van der Waals surface area contributed by atoms with Gasteiger partial charge in [0.1, 0.15) is 0 Å². The molecule has 2 aromatic rings. The number of carboxylic acid groups (broad SMARTS) is 1. The first-order valence-electron chi connectivity index (χ1n) is 5.88. The number of aliphatic carboxylic acids is 1. The molecule has 0 aliphatic heterocycles. The molecule has 0 spiro atoms. The van der Waals surface area contributed by atoms with E-state index in [0.717, 1.165) is 16.8 Å². The number of aryl methyl sites for hydroxylation is 2. The van der Waals surface area contributed by atoms with Crippen LogP contribution in [0.1, 0.15) is 17.7 Å². The molecule has 2 rings (SSSR count). The van der Waals surface area contributed by atoms with Crippen LogP contribution in [0.15, 0.2) is 30.5 Å². The van der Waals surface area contributed by atoms with E-state index in [1.807, 2.05) is 38.2 Å². The average molecular weight is 244 g/mol. The van der Waals surface area contributed by atoms with Gasteiger partial charge >= 0.3 is 5.97 Å². The van der Waals surface area contributed by atoms with Gasteiger partial charge in [-0.1, -0.05) is 24.3 Å². The lowest BCUT2D eigenvalue weighted by Crippen LogP contribution is -2.04. The summed E-state index contributed by atoms with van der Waals surface area (Å²) >= 11 is 0. The molecule has 0 aliphatic rings. The Morgan fingerprint density at radius 2 is 2.06 bits per heavy atom. The van der Waals surface area contributed by atoms with Gasteiger partial charge < -0.3 is 5.11 Å². The summed E-state index contributed by atoms with van der Waals surface area (Å²) in [6.45, 7) is 2.04. The molecule has 4 nitrogen and oxygen atoms in total. The first-order chi connectivity index (χ1) is 8.59. The Hall–Kier alpha value is -2.10. The summed E-state index contributed by atoms with van der Waals surface area (Å²) in [6, 6.07) is 8.06. The van der Waals surface area contributed by atoms with Crippen LogP contribution in [-0.2, 0) is 18.3 Å². The van der Waals surface area contributed by atoms with Gasteiger partial charge in [-0.2, -0.15) is 5.10 Å². The lowest BCUT2D eigenvalue weighted by atomic mass is 9.99. The number of hydrogen-bond donors (Lipinski definition) is 1. The Bertz CT molecular complexity index is 573. The zero-order chi connectivity index (χ0) is 13.1. The highest BCUT2D eigenvalue weighted by Crippen LogP contribution is 2.27. The van der Waals surface area contributed by atoms with Crippen LogP contribution in [0.4, 0.5) is 0 Å². The Morgan fingerprint density at radius 1 is 1.33 bits per heavy atom. The standard InChI is InChI=1S/C14H16N2O2/c1-10-5-3-4-6-11(10)12-9-15-16(2)13(12)7-8-14(17)18/h3-6,9H,7-8H2,1-2H3,(H,17,18). The smallest absolute Gasteiger partial charge is 0.303 e. The quantitative estimate of drug-likeness (QED) is 0.898. The molecule has 0 aliphatic carbocycles. The first kappa shape index (κ1) is 12.4. The molecule has 1 aromatic carbocycles. The van der Waals surface area contributed by atoms with Crippen LogP contribution in [0.3, 0.4) is 0 Å².